The normalized spacial score (nSPS) is 16.0. The molecule has 0 fully saturated rings. The SMILES string of the molecule is CC(C)(F)C[C@H](N[C@@](C#CCCC[C@H](N)CO)(c1ccc(Br)cc1)C(F)(F)F)C(=O)O. The maximum Gasteiger partial charge on any atom is 0.422 e. The van der Waals surface area contributed by atoms with E-state index in [0.29, 0.717) is 17.3 Å². The fourth-order valence-corrected chi connectivity index (χ4v) is 3.16. The molecular weight excluding hydrogens is 484 g/mol. The van der Waals surface area contributed by atoms with E-state index >= 15 is 0 Å². The standard InChI is InChI=1S/C21H27BrF4N2O3/c1-19(2,23)12-17(18(30)31)28-20(21(24,25)26,14-7-9-15(22)10-8-14)11-5-3-4-6-16(27)13-29/h7-10,16-17,28-29H,3-4,6,12-13,27H2,1-2H3,(H,30,31)/t16-,17-,20-/m0/s1. The second-order valence-corrected chi connectivity index (χ2v) is 8.76. The third kappa shape index (κ3) is 8.41. The number of hydrogen-bond acceptors (Lipinski definition) is 4. The number of alkyl halides is 4. The third-order valence-electron chi connectivity index (χ3n) is 4.47. The van der Waals surface area contributed by atoms with E-state index in [0.717, 1.165) is 13.8 Å². The van der Waals surface area contributed by atoms with Crippen LogP contribution in [0.25, 0.3) is 0 Å². The second-order valence-electron chi connectivity index (χ2n) is 7.85. The highest BCUT2D eigenvalue weighted by Crippen LogP contribution is 2.40. The molecule has 1 aromatic rings. The summed E-state index contributed by atoms with van der Waals surface area (Å²) in [7, 11) is 0. The Hall–Kier alpha value is -1.67. The number of carboxylic acid groups (broad SMARTS) is 1. The lowest BCUT2D eigenvalue weighted by Crippen LogP contribution is -2.59. The van der Waals surface area contributed by atoms with Gasteiger partial charge in [-0.3, -0.25) is 10.1 Å². The van der Waals surface area contributed by atoms with Crippen LogP contribution in [0.15, 0.2) is 28.7 Å². The zero-order valence-corrected chi connectivity index (χ0v) is 18.9. The van der Waals surface area contributed by atoms with Gasteiger partial charge in [0.2, 0.25) is 5.54 Å². The van der Waals surface area contributed by atoms with E-state index in [1.54, 1.807) is 0 Å². The summed E-state index contributed by atoms with van der Waals surface area (Å²) in [6, 6.07) is 2.79. The zero-order chi connectivity index (χ0) is 23.9. The minimum atomic E-state index is -5.01. The fourth-order valence-electron chi connectivity index (χ4n) is 2.89. The molecule has 0 aromatic heterocycles. The molecule has 10 heteroatoms. The molecule has 0 radical (unpaired) electrons. The largest absolute Gasteiger partial charge is 0.480 e. The smallest absolute Gasteiger partial charge is 0.422 e. The number of benzene rings is 1. The van der Waals surface area contributed by atoms with Crippen LogP contribution in [0.1, 0.15) is 45.1 Å². The first-order valence-corrected chi connectivity index (χ1v) is 10.4. The minimum Gasteiger partial charge on any atom is -0.480 e. The number of aliphatic hydroxyl groups is 1. The molecule has 0 amide bonds. The van der Waals surface area contributed by atoms with E-state index in [9.17, 15) is 27.5 Å². The summed E-state index contributed by atoms with van der Waals surface area (Å²) >= 11 is 3.16. The number of aliphatic carboxylic acids is 1. The molecule has 0 bridgehead atoms. The Morgan fingerprint density at radius 1 is 1.23 bits per heavy atom. The Morgan fingerprint density at radius 2 is 1.81 bits per heavy atom. The number of aliphatic hydroxyl groups excluding tert-OH is 1. The van der Waals surface area contributed by atoms with Crippen molar-refractivity contribution in [3.63, 3.8) is 0 Å². The lowest BCUT2D eigenvalue weighted by Gasteiger charge is -2.36. The molecule has 0 aliphatic rings. The third-order valence-corrected chi connectivity index (χ3v) is 5.00. The highest BCUT2D eigenvalue weighted by molar-refractivity contribution is 9.10. The van der Waals surface area contributed by atoms with Gasteiger partial charge in [-0.05, 0) is 44.4 Å². The summed E-state index contributed by atoms with van der Waals surface area (Å²) in [4.78, 5) is 11.7. The Balaban J connectivity index is 3.43. The summed E-state index contributed by atoms with van der Waals surface area (Å²) in [6.45, 7) is 1.94. The Bertz CT molecular complexity index is 785. The predicted octanol–water partition coefficient (Wildman–Crippen LogP) is 3.88. The second kappa shape index (κ2) is 11.3. The molecule has 0 saturated heterocycles. The van der Waals surface area contributed by atoms with Gasteiger partial charge in [0.15, 0.2) is 0 Å². The van der Waals surface area contributed by atoms with E-state index in [2.05, 4.69) is 33.1 Å². The summed E-state index contributed by atoms with van der Waals surface area (Å²) < 4.78 is 57.8. The lowest BCUT2D eigenvalue weighted by molar-refractivity contribution is -0.186. The monoisotopic (exact) mass is 510 g/mol. The molecule has 5 N–H and O–H groups in total. The average molecular weight is 511 g/mol. The van der Waals surface area contributed by atoms with Crippen LogP contribution in [-0.2, 0) is 10.3 Å². The van der Waals surface area contributed by atoms with Crippen molar-refractivity contribution in [1.82, 2.24) is 5.32 Å². The molecule has 5 nitrogen and oxygen atoms in total. The van der Waals surface area contributed by atoms with Crippen LogP contribution in [0, 0.1) is 11.8 Å². The summed E-state index contributed by atoms with van der Waals surface area (Å²) in [5.74, 6) is 3.03. The molecule has 0 heterocycles. The lowest BCUT2D eigenvalue weighted by atomic mass is 9.87. The van der Waals surface area contributed by atoms with Gasteiger partial charge in [-0.25, -0.2) is 4.39 Å². The minimum absolute atomic E-state index is 0.0517. The van der Waals surface area contributed by atoms with Crippen LogP contribution in [0.3, 0.4) is 0 Å². The molecule has 1 aromatic carbocycles. The van der Waals surface area contributed by atoms with E-state index in [4.69, 9.17) is 10.8 Å². The number of nitrogens with one attached hydrogen (secondary N) is 1. The van der Waals surface area contributed by atoms with E-state index in [-0.39, 0.29) is 18.6 Å². The van der Waals surface area contributed by atoms with Crippen molar-refractivity contribution in [3.05, 3.63) is 34.3 Å². The first kappa shape index (κ1) is 27.4. The van der Waals surface area contributed by atoms with E-state index in [1.807, 2.05) is 0 Å². The molecule has 1 rings (SSSR count). The number of nitrogens with two attached hydrogens (primary N) is 1. The van der Waals surface area contributed by atoms with Crippen LogP contribution >= 0.6 is 15.9 Å². The zero-order valence-electron chi connectivity index (χ0n) is 17.3. The predicted molar refractivity (Wildman–Crippen MR) is 113 cm³/mol. The number of unbranched alkanes of at least 4 members (excludes halogenated alkanes) is 1. The van der Waals surface area contributed by atoms with Gasteiger partial charge in [0, 0.05) is 23.4 Å². The van der Waals surface area contributed by atoms with Crippen molar-refractivity contribution in [1.29, 1.82) is 0 Å². The van der Waals surface area contributed by atoms with Crippen molar-refractivity contribution in [2.75, 3.05) is 6.61 Å². The number of halogens is 5. The summed E-state index contributed by atoms with van der Waals surface area (Å²) in [5.41, 5.74) is 0.210. The van der Waals surface area contributed by atoms with Crippen molar-refractivity contribution < 1.29 is 32.6 Å². The maximum absolute atomic E-state index is 14.4. The maximum atomic E-state index is 14.4. The van der Waals surface area contributed by atoms with Gasteiger partial charge in [0.25, 0.3) is 0 Å². The van der Waals surface area contributed by atoms with Crippen LogP contribution in [-0.4, -0.2) is 46.7 Å². The summed E-state index contributed by atoms with van der Waals surface area (Å²) in [5, 5.41) is 20.5. The molecule has 0 aliphatic heterocycles. The quantitative estimate of drug-likeness (QED) is 0.217. The van der Waals surface area contributed by atoms with Crippen LogP contribution in [0.4, 0.5) is 17.6 Å². The van der Waals surface area contributed by atoms with Gasteiger partial charge in [-0.1, -0.05) is 34.0 Å². The Morgan fingerprint density at radius 3 is 2.26 bits per heavy atom. The van der Waals surface area contributed by atoms with Gasteiger partial charge in [0.1, 0.15) is 11.7 Å². The molecule has 0 unspecified atom stereocenters. The summed E-state index contributed by atoms with van der Waals surface area (Å²) in [6.07, 6.45) is -4.93. The molecule has 3 atom stereocenters. The average Bonchev–Trinajstić information content (AvgIpc) is 2.64. The van der Waals surface area contributed by atoms with Gasteiger partial charge < -0.3 is 15.9 Å². The van der Waals surface area contributed by atoms with Crippen molar-refractivity contribution in [3.8, 4) is 11.8 Å². The van der Waals surface area contributed by atoms with E-state index < -0.39 is 41.9 Å². The molecule has 31 heavy (non-hydrogen) atoms. The highest BCUT2D eigenvalue weighted by Gasteiger charge is 2.57. The van der Waals surface area contributed by atoms with Gasteiger partial charge in [-0.2, -0.15) is 13.2 Å². The van der Waals surface area contributed by atoms with Crippen LogP contribution < -0.4 is 11.1 Å². The first-order valence-electron chi connectivity index (χ1n) is 9.60. The van der Waals surface area contributed by atoms with Crippen molar-refractivity contribution in [2.45, 2.75) is 69.0 Å². The van der Waals surface area contributed by atoms with Gasteiger partial charge >= 0.3 is 12.1 Å². The number of carbonyl (C=O) groups is 1. The Kier molecular flexibility index (Phi) is 9.95. The van der Waals surface area contributed by atoms with Crippen LogP contribution in [0.2, 0.25) is 0 Å². The van der Waals surface area contributed by atoms with Crippen LogP contribution in [0.5, 0.6) is 0 Å². The molecule has 0 spiro atoms. The molecular formula is C21H27BrF4N2O3. The number of hydrogen-bond donors (Lipinski definition) is 4. The number of carboxylic acids is 1. The first-order chi connectivity index (χ1) is 14.2. The molecule has 0 saturated carbocycles. The fraction of sp³-hybridized carbons (Fsp3) is 0.571. The van der Waals surface area contributed by atoms with Gasteiger partial charge in [-0.15, -0.1) is 5.92 Å². The topological polar surface area (TPSA) is 95.6 Å². The highest BCUT2D eigenvalue weighted by atomic mass is 79.9. The number of rotatable bonds is 10. The van der Waals surface area contributed by atoms with Gasteiger partial charge in [0.05, 0.1) is 6.61 Å². The molecule has 174 valence electrons. The molecule has 0 aliphatic carbocycles. The van der Waals surface area contributed by atoms with Crippen molar-refractivity contribution >= 4 is 21.9 Å². The Labute approximate surface area is 187 Å². The van der Waals surface area contributed by atoms with Crippen molar-refractivity contribution in [2.24, 2.45) is 5.73 Å². The van der Waals surface area contributed by atoms with E-state index in [1.165, 1.54) is 24.3 Å².